The molecule has 2 atom stereocenters. The number of halogens is 4. The Morgan fingerprint density at radius 3 is 2.61 bits per heavy atom. The van der Waals surface area contributed by atoms with Gasteiger partial charge in [-0.1, -0.05) is 19.1 Å². The Labute approximate surface area is 191 Å². The van der Waals surface area contributed by atoms with Crippen molar-refractivity contribution in [3.05, 3.63) is 51.7 Å². The van der Waals surface area contributed by atoms with Crippen LogP contribution >= 0.6 is 11.3 Å². The Hall–Kier alpha value is -3.13. The third-order valence-corrected chi connectivity index (χ3v) is 6.52. The van der Waals surface area contributed by atoms with Gasteiger partial charge in [-0.25, -0.2) is 9.18 Å². The van der Waals surface area contributed by atoms with Crippen LogP contribution in [0.5, 0.6) is 0 Å². The highest BCUT2D eigenvalue weighted by Crippen LogP contribution is 2.42. The maximum Gasteiger partial charge on any atom is 0.441 e. The van der Waals surface area contributed by atoms with Gasteiger partial charge < -0.3 is 15.4 Å². The van der Waals surface area contributed by atoms with Crippen LogP contribution in [-0.4, -0.2) is 30.3 Å². The molecule has 6 nitrogen and oxygen atoms in total. The molecule has 1 aliphatic rings. The van der Waals surface area contributed by atoms with E-state index in [-0.39, 0.29) is 16.5 Å². The molecule has 1 aliphatic carbocycles. The standard InChI is InChI=1S/C22H21F4N3O3S/c1-3-32-20(31)21(22(24,25)26,28-18(30)14-6-4-5-7-16(14)23)29-19-15(11-27)13-9-8-12(2)10-17(13)33-19/h4-7,12,29H,3,8-10H2,1-2H3,(H,28,30)/t12-,21-/m0/s1. The maximum atomic E-state index is 14.4. The predicted molar refractivity (Wildman–Crippen MR) is 113 cm³/mol. The highest BCUT2D eigenvalue weighted by atomic mass is 32.1. The number of esters is 1. The second kappa shape index (κ2) is 9.39. The number of thiophene rings is 1. The maximum absolute atomic E-state index is 14.4. The van der Waals surface area contributed by atoms with Crippen LogP contribution < -0.4 is 10.6 Å². The summed E-state index contributed by atoms with van der Waals surface area (Å²) in [5.41, 5.74) is -3.81. The first kappa shape index (κ1) is 24.5. The number of nitrogens with one attached hydrogen (secondary N) is 2. The van der Waals surface area contributed by atoms with E-state index in [9.17, 15) is 32.4 Å². The first-order valence-corrected chi connectivity index (χ1v) is 11.0. The lowest BCUT2D eigenvalue weighted by molar-refractivity contribution is -0.204. The van der Waals surface area contributed by atoms with Crippen molar-refractivity contribution in [2.75, 3.05) is 11.9 Å². The lowest BCUT2D eigenvalue weighted by Crippen LogP contribution is -2.69. The zero-order valence-corrected chi connectivity index (χ0v) is 18.6. The fourth-order valence-corrected chi connectivity index (χ4v) is 5.06. The van der Waals surface area contributed by atoms with Crippen LogP contribution in [0.3, 0.4) is 0 Å². The lowest BCUT2D eigenvalue weighted by atomic mass is 9.88. The van der Waals surface area contributed by atoms with Gasteiger partial charge in [0.2, 0.25) is 0 Å². The molecule has 11 heteroatoms. The Kier molecular flexibility index (Phi) is 6.97. The minimum Gasteiger partial charge on any atom is -0.463 e. The van der Waals surface area contributed by atoms with Gasteiger partial charge in [0.15, 0.2) is 0 Å². The van der Waals surface area contributed by atoms with E-state index < -0.39 is 41.7 Å². The molecule has 2 N–H and O–H groups in total. The van der Waals surface area contributed by atoms with Gasteiger partial charge in [0, 0.05) is 4.88 Å². The van der Waals surface area contributed by atoms with Gasteiger partial charge in [0.25, 0.3) is 5.91 Å². The average Bonchev–Trinajstić information content (AvgIpc) is 3.08. The molecule has 0 aliphatic heterocycles. The second-order valence-corrected chi connectivity index (χ2v) is 8.80. The van der Waals surface area contributed by atoms with Crippen LogP contribution in [0.2, 0.25) is 0 Å². The number of amides is 1. The van der Waals surface area contributed by atoms with Crippen molar-refractivity contribution in [3.63, 3.8) is 0 Å². The topological polar surface area (TPSA) is 91.2 Å². The van der Waals surface area contributed by atoms with Gasteiger partial charge in [-0.15, -0.1) is 11.3 Å². The molecule has 0 bridgehead atoms. The quantitative estimate of drug-likeness (QED) is 0.358. The first-order valence-electron chi connectivity index (χ1n) is 10.2. The van der Waals surface area contributed by atoms with Crippen molar-refractivity contribution in [1.82, 2.24) is 5.32 Å². The number of ether oxygens (including phenoxy) is 1. The molecule has 0 saturated carbocycles. The molecule has 0 unspecified atom stereocenters. The first-order chi connectivity index (χ1) is 15.5. The molecule has 3 rings (SSSR count). The number of carbonyl (C=O) groups is 2. The van der Waals surface area contributed by atoms with Crippen LogP contribution in [0, 0.1) is 23.1 Å². The molecular formula is C22H21F4N3O3S. The van der Waals surface area contributed by atoms with Crippen molar-refractivity contribution >= 4 is 28.2 Å². The van der Waals surface area contributed by atoms with Gasteiger partial charge in [0.05, 0.1) is 17.7 Å². The second-order valence-electron chi connectivity index (χ2n) is 7.69. The van der Waals surface area contributed by atoms with Crippen LogP contribution in [-0.2, 0) is 22.4 Å². The number of hydrogen-bond donors (Lipinski definition) is 2. The average molecular weight is 483 g/mol. The van der Waals surface area contributed by atoms with Crippen molar-refractivity contribution < 1.29 is 31.9 Å². The normalized spacial score (nSPS) is 17.3. The number of alkyl halides is 3. The molecule has 0 saturated heterocycles. The molecule has 176 valence electrons. The molecule has 0 fully saturated rings. The van der Waals surface area contributed by atoms with E-state index in [1.165, 1.54) is 19.1 Å². The van der Waals surface area contributed by atoms with Crippen molar-refractivity contribution in [2.24, 2.45) is 5.92 Å². The van der Waals surface area contributed by atoms with Gasteiger partial charge in [-0.2, -0.15) is 18.4 Å². The molecule has 0 radical (unpaired) electrons. The van der Waals surface area contributed by atoms with Gasteiger partial charge >= 0.3 is 17.8 Å². The fraction of sp³-hybridized carbons (Fsp3) is 0.409. The third-order valence-electron chi connectivity index (χ3n) is 5.35. The predicted octanol–water partition coefficient (Wildman–Crippen LogP) is 4.55. The summed E-state index contributed by atoms with van der Waals surface area (Å²) in [5.74, 6) is -4.08. The van der Waals surface area contributed by atoms with E-state index in [2.05, 4.69) is 10.1 Å². The lowest BCUT2D eigenvalue weighted by Gasteiger charge is -2.35. The smallest absolute Gasteiger partial charge is 0.441 e. The van der Waals surface area contributed by atoms with E-state index in [1.807, 2.05) is 13.0 Å². The largest absolute Gasteiger partial charge is 0.463 e. The van der Waals surface area contributed by atoms with E-state index in [1.54, 1.807) is 5.32 Å². The number of fused-ring (bicyclic) bond motifs is 1. The van der Waals surface area contributed by atoms with Crippen LogP contribution in [0.25, 0.3) is 0 Å². The summed E-state index contributed by atoms with van der Waals surface area (Å²) < 4.78 is 62.1. The summed E-state index contributed by atoms with van der Waals surface area (Å²) in [7, 11) is 0. The number of nitriles is 1. The number of hydrogen-bond acceptors (Lipinski definition) is 6. The zero-order valence-electron chi connectivity index (χ0n) is 17.8. The van der Waals surface area contributed by atoms with Gasteiger partial charge in [-0.3, -0.25) is 4.79 Å². The van der Waals surface area contributed by atoms with E-state index in [4.69, 9.17) is 0 Å². The zero-order chi connectivity index (χ0) is 24.4. The fourth-order valence-electron chi connectivity index (χ4n) is 3.64. The number of rotatable bonds is 6. The number of carbonyl (C=O) groups excluding carboxylic acids is 2. The van der Waals surface area contributed by atoms with Crippen LogP contribution in [0.1, 0.15) is 46.6 Å². The molecular weight excluding hydrogens is 462 g/mol. The van der Waals surface area contributed by atoms with Gasteiger partial charge in [0.1, 0.15) is 16.9 Å². The molecule has 1 aromatic carbocycles. The van der Waals surface area contributed by atoms with Crippen LogP contribution in [0.4, 0.5) is 22.6 Å². The Bertz CT molecular complexity index is 1110. The Morgan fingerprint density at radius 1 is 1.30 bits per heavy atom. The van der Waals surface area contributed by atoms with E-state index in [0.717, 1.165) is 34.8 Å². The van der Waals surface area contributed by atoms with E-state index >= 15 is 0 Å². The number of nitrogens with zero attached hydrogens (tertiary/aromatic N) is 1. The Morgan fingerprint density at radius 2 is 2.00 bits per heavy atom. The SMILES string of the molecule is CCOC(=O)[C@](NC(=O)c1ccccc1F)(Nc1sc2c(c1C#N)CC[C@H](C)C2)C(F)(F)F. The Balaban J connectivity index is 2.12. The molecule has 33 heavy (non-hydrogen) atoms. The van der Waals surface area contributed by atoms with Crippen molar-refractivity contribution in [1.29, 1.82) is 5.26 Å². The minimum absolute atomic E-state index is 0.0139. The monoisotopic (exact) mass is 483 g/mol. The van der Waals surface area contributed by atoms with Crippen molar-refractivity contribution in [2.45, 2.75) is 44.9 Å². The van der Waals surface area contributed by atoms with Crippen molar-refractivity contribution in [3.8, 4) is 6.07 Å². The van der Waals surface area contributed by atoms with Gasteiger partial charge in [-0.05, 0) is 49.8 Å². The molecule has 0 spiro atoms. The summed E-state index contributed by atoms with van der Waals surface area (Å²) in [4.78, 5) is 26.1. The van der Waals surface area contributed by atoms with E-state index in [0.29, 0.717) is 18.4 Å². The highest BCUT2D eigenvalue weighted by Gasteiger charge is 2.64. The summed E-state index contributed by atoms with van der Waals surface area (Å²) in [6.07, 6.45) is -3.54. The molecule has 2 aromatic rings. The summed E-state index contributed by atoms with van der Waals surface area (Å²) in [5, 5.41) is 13.1. The summed E-state index contributed by atoms with van der Waals surface area (Å²) in [6, 6.07) is 6.35. The summed E-state index contributed by atoms with van der Waals surface area (Å²) >= 11 is 0.928. The van der Waals surface area contributed by atoms with Crippen LogP contribution in [0.15, 0.2) is 24.3 Å². The minimum atomic E-state index is -5.40. The number of anilines is 1. The molecule has 1 aromatic heterocycles. The molecule has 1 heterocycles. The third kappa shape index (κ3) is 4.66. The number of benzene rings is 1. The summed E-state index contributed by atoms with van der Waals surface area (Å²) in [6.45, 7) is 2.90. The highest BCUT2D eigenvalue weighted by molar-refractivity contribution is 7.16. The molecule has 1 amide bonds.